The zero-order chi connectivity index (χ0) is 15.5. The van der Waals surface area contributed by atoms with Crippen LogP contribution in [-0.4, -0.2) is 30.1 Å². The fraction of sp³-hybridized carbons (Fsp3) is 0.429. The third-order valence-electron chi connectivity index (χ3n) is 5.68. The molecule has 0 radical (unpaired) electrons. The van der Waals surface area contributed by atoms with E-state index in [1.54, 1.807) is 0 Å². The van der Waals surface area contributed by atoms with E-state index in [4.69, 9.17) is 0 Å². The maximum Gasteiger partial charge on any atom is 0.0601 e. The Hall–Kier alpha value is -1.64. The van der Waals surface area contributed by atoms with Crippen molar-refractivity contribution in [2.75, 3.05) is 19.6 Å². The second-order valence-corrected chi connectivity index (χ2v) is 7.07. The molecule has 4 rings (SSSR count). The van der Waals surface area contributed by atoms with Crippen molar-refractivity contribution in [2.45, 2.75) is 37.3 Å². The molecule has 0 amide bonds. The van der Waals surface area contributed by atoms with Crippen LogP contribution in [0.3, 0.4) is 0 Å². The quantitative estimate of drug-likeness (QED) is 0.922. The fourth-order valence-electron chi connectivity index (χ4n) is 4.26. The van der Waals surface area contributed by atoms with Crippen molar-refractivity contribution in [3.05, 3.63) is 71.8 Å². The minimum absolute atomic E-state index is 0.382. The molecule has 1 spiro atoms. The monoisotopic (exact) mass is 306 g/mol. The predicted molar refractivity (Wildman–Crippen MR) is 95.5 cm³/mol. The van der Waals surface area contributed by atoms with Crippen molar-refractivity contribution in [1.29, 1.82) is 0 Å². The summed E-state index contributed by atoms with van der Waals surface area (Å²) < 4.78 is 0. The van der Waals surface area contributed by atoms with E-state index in [9.17, 15) is 0 Å². The zero-order valence-electron chi connectivity index (χ0n) is 13.7. The second-order valence-electron chi connectivity index (χ2n) is 7.07. The number of rotatable bonds is 3. The SMILES string of the molecule is c1ccc(C(c2ccccc2)N2CCCC3(CCN3)CC2)cc1. The molecular formula is C21H26N2. The van der Waals surface area contributed by atoms with Gasteiger partial charge in [-0.15, -0.1) is 0 Å². The molecule has 2 nitrogen and oxygen atoms in total. The van der Waals surface area contributed by atoms with Gasteiger partial charge >= 0.3 is 0 Å². The summed E-state index contributed by atoms with van der Waals surface area (Å²) >= 11 is 0. The van der Waals surface area contributed by atoms with Crippen LogP contribution < -0.4 is 5.32 Å². The molecule has 120 valence electrons. The normalized spacial score (nSPS) is 25.3. The highest BCUT2D eigenvalue weighted by atomic mass is 15.2. The molecule has 2 aromatic rings. The van der Waals surface area contributed by atoms with Crippen LogP contribution in [0.25, 0.3) is 0 Å². The molecule has 2 heterocycles. The van der Waals surface area contributed by atoms with Crippen molar-refractivity contribution in [3.63, 3.8) is 0 Å². The molecule has 2 aromatic carbocycles. The van der Waals surface area contributed by atoms with E-state index in [0.717, 1.165) is 0 Å². The van der Waals surface area contributed by atoms with Crippen LogP contribution >= 0.6 is 0 Å². The number of hydrogen-bond donors (Lipinski definition) is 1. The van der Waals surface area contributed by atoms with E-state index in [1.807, 2.05) is 0 Å². The molecule has 1 N–H and O–H groups in total. The van der Waals surface area contributed by atoms with Gasteiger partial charge in [0.1, 0.15) is 0 Å². The van der Waals surface area contributed by atoms with E-state index in [-0.39, 0.29) is 0 Å². The standard InChI is InChI=1S/C21H26N2/c1-3-8-18(9-4-1)20(19-10-5-2-6-11-19)23-16-7-12-21(14-17-23)13-15-22-21/h1-6,8-11,20,22H,7,12-17H2. The molecule has 0 saturated carbocycles. The van der Waals surface area contributed by atoms with Gasteiger partial charge in [-0.2, -0.15) is 0 Å². The van der Waals surface area contributed by atoms with Gasteiger partial charge in [-0.25, -0.2) is 0 Å². The van der Waals surface area contributed by atoms with E-state index in [1.165, 1.54) is 56.4 Å². The Morgan fingerprint density at radius 2 is 1.39 bits per heavy atom. The van der Waals surface area contributed by atoms with Gasteiger partial charge in [-0.1, -0.05) is 60.7 Å². The first kappa shape index (κ1) is 14.9. The highest BCUT2D eigenvalue weighted by molar-refractivity contribution is 5.32. The molecule has 23 heavy (non-hydrogen) atoms. The van der Waals surface area contributed by atoms with Crippen LogP contribution in [0, 0.1) is 0 Å². The van der Waals surface area contributed by atoms with Crippen LogP contribution in [-0.2, 0) is 0 Å². The summed E-state index contributed by atoms with van der Waals surface area (Å²) in [5, 5.41) is 3.71. The van der Waals surface area contributed by atoms with Gasteiger partial charge in [-0.3, -0.25) is 4.90 Å². The van der Waals surface area contributed by atoms with Gasteiger partial charge in [0.05, 0.1) is 6.04 Å². The number of nitrogens with zero attached hydrogens (tertiary/aromatic N) is 1. The number of hydrogen-bond acceptors (Lipinski definition) is 2. The largest absolute Gasteiger partial charge is 0.311 e. The molecule has 2 saturated heterocycles. The smallest absolute Gasteiger partial charge is 0.0601 e. The highest BCUT2D eigenvalue weighted by Gasteiger charge is 2.38. The Labute approximate surface area is 139 Å². The Balaban J connectivity index is 1.62. The Morgan fingerprint density at radius 1 is 0.783 bits per heavy atom. The summed E-state index contributed by atoms with van der Waals surface area (Å²) in [5.74, 6) is 0. The molecule has 2 fully saturated rings. The molecular weight excluding hydrogens is 280 g/mol. The molecule has 0 bridgehead atoms. The third-order valence-corrected chi connectivity index (χ3v) is 5.68. The predicted octanol–water partition coefficient (Wildman–Crippen LogP) is 3.99. The summed E-state index contributed by atoms with van der Waals surface area (Å²) in [4.78, 5) is 2.69. The lowest BCUT2D eigenvalue weighted by atomic mass is 9.81. The van der Waals surface area contributed by atoms with Gasteiger partial charge in [0.15, 0.2) is 0 Å². The average molecular weight is 306 g/mol. The first-order chi connectivity index (χ1) is 11.4. The summed E-state index contributed by atoms with van der Waals surface area (Å²) in [7, 11) is 0. The minimum atomic E-state index is 0.382. The average Bonchev–Trinajstić information content (AvgIpc) is 2.80. The first-order valence-electron chi connectivity index (χ1n) is 8.95. The van der Waals surface area contributed by atoms with Gasteiger partial charge in [0, 0.05) is 12.1 Å². The molecule has 2 aliphatic heterocycles. The van der Waals surface area contributed by atoms with Crippen molar-refractivity contribution >= 4 is 0 Å². The molecule has 1 unspecified atom stereocenters. The third kappa shape index (κ3) is 3.06. The van der Waals surface area contributed by atoms with E-state index < -0.39 is 0 Å². The maximum atomic E-state index is 3.71. The summed E-state index contributed by atoms with van der Waals surface area (Å²) in [6, 6.07) is 22.4. The van der Waals surface area contributed by atoms with E-state index >= 15 is 0 Å². The topological polar surface area (TPSA) is 15.3 Å². The van der Waals surface area contributed by atoms with Crippen molar-refractivity contribution in [1.82, 2.24) is 10.2 Å². The summed E-state index contributed by atoms with van der Waals surface area (Å²) in [6.07, 6.45) is 5.27. The molecule has 0 aromatic heterocycles. The summed E-state index contributed by atoms with van der Waals surface area (Å²) in [6.45, 7) is 3.58. The maximum absolute atomic E-state index is 3.71. The van der Waals surface area contributed by atoms with Crippen LogP contribution in [0.15, 0.2) is 60.7 Å². The Kier molecular flexibility index (Phi) is 4.19. The van der Waals surface area contributed by atoms with Crippen LogP contribution in [0.4, 0.5) is 0 Å². The summed E-state index contributed by atoms with van der Waals surface area (Å²) in [5.41, 5.74) is 3.28. The van der Waals surface area contributed by atoms with Crippen LogP contribution in [0.1, 0.15) is 42.9 Å². The van der Waals surface area contributed by atoms with Gasteiger partial charge in [0.25, 0.3) is 0 Å². The molecule has 1 atom stereocenters. The van der Waals surface area contributed by atoms with Crippen LogP contribution in [0.2, 0.25) is 0 Å². The Bertz CT molecular complexity index is 579. The number of nitrogens with one attached hydrogen (secondary N) is 1. The number of likely N-dealkylation sites (tertiary alicyclic amines) is 1. The Morgan fingerprint density at radius 3 is 1.91 bits per heavy atom. The van der Waals surface area contributed by atoms with Crippen molar-refractivity contribution in [2.24, 2.45) is 0 Å². The number of benzene rings is 2. The van der Waals surface area contributed by atoms with Gasteiger partial charge in [-0.05, 0) is 49.9 Å². The van der Waals surface area contributed by atoms with E-state index in [2.05, 4.69) is 70.9 Å². The lowest BCUT2D eigenvalue weighted by Crippen LogP contribution is -2.57. The van der Waals surface area contributed by atoms with Crippen molar-refractivity contribution in [3.8, 4) is 0 Å². The second kappa shape index (κ2) is 6.46. The van der Waals surface area contributed by atoms with E-state index in [0.29, 0.717) is 11.6 Å². The molecule has 2 aliphatic rings. The molecule has 2 heteroatoms. The first-order valence-corrected chi connectivity index (χ1v) is 8.95. The zero-order valence-corrected chi connectivity index (χ0v) is 13.7. The van der Waals surface area contributed by atoms with Crippen molar-refractivity contribution < 1.29 is 0 Å². The fourth-order valence-corrected chi connectivity index (χ4v) is 4.26. The lowest BCUT2D eigenvalue weighted by Gasteiger charge is -2.43. The van der Waals surface area contributed by atoms with Crippen LogP contribution in [0.5, 0.6) is 0 Å². The van der Waals surface area contributed by atoms with Gasteiger partial charge < -0.3 is 5.32 Å². The minimum Gasteiger partial charge on any atom is -0.311 e. The lowest BCUT2D eigenvalue weighted by molar-refractivity contribution is 0.169. The highest BCUT2D eigenvalue weighted by Crippen LogP contribution is 2.36. The molecule has 0 aliphatic carbocycles. The van der Waals surface area contributed by atoms with Gasteiger partial charge in [0.2, 0.25) is 0 Å².